The summed E-state index contributed by atoms with van der Waals surface area (Å²) in [5.74, 6) is 1.11. The maximum atomic E-state index is 13.3. The van der Waals surface area contributed by atoms with Crippen molar-refractivity contribution in [1.82, 2.24) is 13.9 Å². The molecular weight excluding hydrogens is 441 g/mol. The van der Waals surface area contributed by atoms with Crippen LogP contribution in [0.15, 0.2) is 59.8 Å². The fraction of sp³-hybridized carbons (Fsp3) is 0.318. The first kappa shape index (κ1) is 21.4. The van der Waals surface area contributed by atoms with E-state index in [2.05, 4.69) is 4.98 Å². The van der Waals surface area contributed by atoms with Crippen LogP contribution in [-0.2, 0) is 23.1 Å². The maximum Gasteiger partial charge on any atom is 0.243 e. The summed E-state index contributed by atoms with van der Waals surface area (Å²) in [6, 6.07) is 12.5. The number of nitrogens with zero attached hydrogens (tertiary/aromatic N) is 3. The Balaban J connectivity index is 1.59. The van der Waals surface area contributed by atoms with Crippen LogP contribution in [0.2, 0.25) is 10.0 Å². The standard InChI is InChI=1S/C22H23Cl2N3O2S/c1-16-2-7-19(8-3-16)30(28,29)27(14-17-4-5-17)15-22-25-10-11-26(22)13-18-6-9-20(23)21(24)12-18/h2-3,6-12,17H,4-5,13-15H2,1H3. The summed E-state index contributed by atoms with van der Waals surface area (Å²) >= 11 is 12.1. The number of sulfonamides is 1. The van der Waals surface area contributed by atoms with E-state index in [4.69, 9.17) is 23.2 Å². The summed E-state index contributed by atoms with van der Waals surface area (Å²) in [4.78, 5) is 4.75. The average molecular weight is 464 g/mol. The minimum absolute atomic E-state index is 0.223. The summed E-state index contributed by atoms with van der Waals surface area (Å²) in [5, 5.41) is 0.999. The maximum absolute atomic E-state index is 13.3. The lowest BCUT2D eigenvalue weighted by Crippen LogP contribution is -2.33. The second kappa shape index (κ2) is 8.71. The van der Waals surface area contributed by atoms with Gasteiger partial charge in [-0.1, -0.05) is 47.0 Å². The van der Waals surface area contributed by atoms with E-state index in [1.807, 2.05) is 42.0 Å². The van der Waals surface area contributed by atoms with E-state index in [1.54, 1.807) is 28.7 Å². The van der Waals surface area contributed by atoms with E-state index < -0.39 is 10.0 Å². The van der Waals surface area contributed by atoms with Crippen LogP contribution < -0.4 is 0 Å². The first-order chi connectivity index (χ1) is 14.3. The van der Waals surface area contributed by atoms with Crippen molar-refractivity contribution < 1.29 is 8.42 Å². The van der Waals surface area contributed by atoms with Gasteiger partial charge in [-0.3, -0.25) is 0 Å². The molecule has 1 fully saturated rings. The van der Waals surface area contributed by atoms with Crippen LogP contribution in [0.1, 0.15) is 29.8 Å². The van der Waals surface area contributed by atoms with E-state index in [0.717, 1.165) is 24.0 Å². The Labute approximate surface area is 187 Å². The molecule has 0 bridgehead atoms. The Morgan fingerprint density at radius 3 is 2.50 bits per heavy atom. The largest absolute Gasteiger partial charge is 0.329 e. The molecule has 0 aliphatic heterocycles. The minimum atomic E-state index is -3.61. The zero-order chi connectivity index (χ0) is 21.3. The lowest BCUT2D eigenvalue weighted by molar-refractivity contribution is 0.377. The van der Waals surface area contributed by atoms with Gasteiger partial charge in [0.25, 0.3) is 0 Å². The summed E-state index contributed by atoms with van der Waals surface area (Å²) in [6.45, 7) is 3.21. The molecule has 1 saturated carbocycles. The highest BCUT2D eigenvalue weighted by Crippen LogP contribution is 2.32. The van der Waals surface area contributed by atoms with Gasteiger partial charge in [0.05, 0.1) is 21.5 Å². The van der Waals surface area contributed by atoms with E-state index in [9.17, 15) is 8.42 Å². The first-order valence-corrected chi connectivity index (χ1v) is 12.0. The predicted molar refractivity (Wildman–Crippen MR) is 119 cm³/mol. The molecule has 0 spiro atoms. The van der Waals surface area contributed by atoms with Gasteiger partial charge in [0, 0.05) is 25.5 Å². The monoisotopic (exact) mass is 463 g/mol. The number of halogens is 2. The van der Waals surface area contributed by atoms with Gasteiger partial charge in [-0.25, -0.2) is 13.4 Å². The Hall–Kier alpha value is -1.86. The summed E-state index contributed by atoms with van der Waals surface area (Å²) in [5.41, 5.74) is 2.00. The van der Waals surface area contributed by atoms with Crippen molar-refractivity contribution >= 4 is 33.2 Å². The summed E-state index contributed by atoms with van der Waals surface area (Å²) < 4.78 is 30.2. The van der Waals surface area contributed by atoms with Crippen LogP contribution in [-0.4, -0.2) is 28.8 Å². The zero-order valence-corrected chi connectivity index (χ0v) is 19.0. The van der Waals surface area contributed by atoms with E-state index in [0.29, 0.717) is 39.8 Å². The van der Waals surface area contributed by atoms with Gasteiger partial charge in [0.15, 0.2) is 0 Å². The van der Waals surface area contributed by atoms with Crippen LogP contribution in [0.5, 0.6) is 0 Å². The molecule has 0 unspecified atom stereocenters. The third-order valence-electron chi connectivity index (χ3n) is 5.27. The molecule has 5 nitrogen and oxygen atoms in total. The molecule has 2 aromatic carbocycles. The number of aryl methyl sites for hydroxylation is 1. The molecule has 1 heterocycles. The zero-order valence-electron chi connectivity index (χ0n) is 16.6. The number of aromatic nitrogens is 2. The molecule has 1 aromatic heterocycles. The van der Waals surface area contributed by atoms with Crippen LogP contribution in [0.25, 0.3) is 0 Å². The normalized spacial score (nSPS) is 14.4. The van der Waals surface area contributed by atoms with Crippen molar-refractivity contribution in [2.45, 2.75) is 37.8 Å². The fourth-order valence-corrected chi connectivity index (χ4v) is 5.11. The third-order valence-corrected chi connectivity index (χ3v) is 7.84. The summed E-state index contributed by atoms with van der Waals surface area (Å²) in [7, 11) is -3.61. The molecule has 3 aromatic rings. The van der Waals surface area contributed by atoms with Crippen LogP contribution in [0, 0.1) is 12.8 Å². The van der Waals surface area contributed by atoms with Crippen LogP contribution in [0.4, 0.5) is 0 Å². The lowest BCUT2D eigenvalue weighted by atomic mass is 10.2. The van der Waals surface area contributed by atoms with Gasteiger partial charge in [-0.05, 0) is 55.5 Å². The topological polar surface area (TPSA) is 55.2 Å². The highest BCUT2D eigenvalue weighted by Gasteiger charge is 2.32. The van der Waals surface area contributed by atoms with Crippen molar-refractivity contribution in [2.24, 2.45) is 5.92 Å². The molecule has 1 aliphatic rings. The van der Waals surface area contributed by atoms with Gasteiger partial charge in [0.2, 0.25) is 10.0 Å². The molecule has 0 radical (unpaired) electrons. The summed E-state index contributed by atoms with van der Waals surface area (Å²) in [6.07, 6.45) is 5.68. The van der Waals surface area contributed by atoms with Crippen molar-refractivity contribution in [2.75, 3.05) is 6.54 Å². The van der Waals surface area contributed by atoms with Crippen LogP contribution in [0.3, 0.4) is 0 Å². The van der Waals surface area contributed by atoms with Gasteiger partial charge < -0.3 is 4.57 Å². The Kier molecular flexibility index (Phi) is 6.21. The van der Waals surface area contributed by atoms with Crippen LogP contribution >= 0.6 is 23.2 Å². The molecule has 0 amide bonds. The highest BCUT2D eigenvalue weighted by molar-refractivity contribution is 7.89. The number of benzene rings is 2. The van der Waals surface area contributed by atoms with E-state index in [-0.39, 0.29) is 6.54 Å². The van der Waals surface area contributed by atoms with E-state index >= 15 is 0 Å². The predicted octanol–water partition coefficient (Wildman–Crippen LogP) is 5.15. The SMILES string of the molecule is Cc1ccc(S(=O)(=O)N(Cc2nccn2Cc2ccc(Cl)c(Cl)c2)CC2CC2)cc1. The van der Waals surface area contributed by atoms with Crippen molar-refractivity contribution in [1.29, 1.82) is 0 Å². The van der Waals surface area contributed by atoms with E-state index in [1.165, 1.54) is 0 Å². The molecule has 8 heteroatoms. The lowest BCUT2D eigenvalue weighted by Gasteiger charge is -2.22. The molecule has 1 aliphatic carbocycles. The first-order valence-electron chi connectivity index (χ1n) is 9.83. The average Bonchev–Trinajstić information content (AvgIpc) is 3.43. The molecule has 0 N–H and O–H groups in total. The third kappa shape index (κ3) is 4.89. The Bertz CT molecular complexity index is 1140. The number of hydrogen-bond donors (Lipinski definition) is 0. The Morgan fingerprint density at radius 2 is 1.83 bits per heavy atom. The number of imidazole rings is 1. The molecule has 0 atom stereocenters. The smallest absolute Gasteiger partial charge is 0.243 e. The molecule has 30 heavy (non-hydrogen) atoms. The van der Waals surface area contributed by atoms with Gasteiger partial charge >= 0.3 is 0 Å². The van der Waals surface area contributed by atoms with Crippen molar-refractivity contribution in [3.8, 4) is 0 Å². The van der Waals surface area contributed by atoms with Gasteiger partial charge in [0.1, 0.15) is 5.82 Å². The number of hydrogen-bond acceptors (Lipinski definition) is 3. The molecule has 0 saturated heterocycles. The minimum Gasteiger partial charge on any atom is -0.329 e. The molecule has 158 valence electrons. The highest BCUT2D eigenvalue weighted by atomic mass is 35.5. The molecule has 4 rings (SSSR count). The van der Waals surface area contributed by atoms with Gasteiger partial charge in [-0.15, -0.1) is 0 Å². The quantitative estimate of drug-likeness (QED) is 0.464. The van der Waals surface area contributed by atoms with Crippen molar-refractivity contribution in [3.63, 3.8) is 0 Å². The Morgan fingerprint density at radius 1 is 1.10 bits per heavy atom. The second-order valence-corrected chi connectivity index (χ2v) is 10.5. The van der Waals surface area contributed by atoms with Crippen molar-refractivity contribution in [3.05, 3.63) is 81.9 Å². The second-order valence-electron chi connectivity index (χ2n) is 7.77. The number of rotatable bonds is 8. The molecular formula is C22H23Cl2N3O2S. The van der Waals surface area contributed by atoms with Gasteiger partial charge in [-0.2, -0.15) is 4.31 Å². The fourth-order valence-electron chi connectivity index (χ4n) is 3.32.